The SMILES string of the molecule is COC(=O)CNC(=O)C(CC(C)C)N1CC1C(=O)OC. The van der Waals surface area contributed by atoms with Crippen LogP contribution in [-0.2, 0) is 23.9 Å². The molecule has 1 aliphatic rings. The molecule has 0 aromatic rings. The highest BCUT2D eigenvalue weighted by molar-refractivity contribution is 5.88. The Labute approximate surface area is 118 Å². The number of amides is 1. The Morgan fingerprint density at radius 1 is 1.25 bits per heavy atom. The molecule has 0 spiro atoms. The predicted molar refractivity (Wildman–Crippen MR) is 70.8 cm³/mol. The van der Waals surface area contributed by atoms with E-state index in [4.69, 9.17) is 0 Å². The summed E-state index contributed by atoms with van der Waals surface area (Å²) in [5, 5.41) is 2.53. The Morgan fingerprint density at radius 2 is 1.90 bits per heavy atom. The second kappa shape index (κ2) is 7.23. The molecular weight excluding hydrogens is 264 g/mol. The van der Waals surface area contributed by atoms with E-state index >= 15 is 0 Å². The Hall–Kier alpha value is -1.63. The van der Waals surface area contributed by atoms with Crippen LogP contribution in [0.3, 0.4) is 0 Å². The van der Waals surface area contributed by atoms with E-state index < -0.39 is 12.0 Å². The van der Waals surface area contributed by atoms with Crippen LogP contribution in [-0.4, -0.2) is 62.1 Å². The Balaban J connectivity index is 2.59. The number of methoxy groups -OCH3 is 2. The number of carbonyl (C=O) groups excluding carboxylic acids is 3. The molecule has 1 N–H and O–H groups in total. The van der Waals surface area contributed by atoms with Crippen LogP contribution in [0, 0.1) is 5.92 Å². The first-order chi connectivity index (χ1) is 9.40. The molecule has 3 atom stereocenters. The minimum atomic E-state index is -0.503. The molecule has 1 rings (SSSR count). The van der Waals surface area contributed by atoms with Gasteiger partial charge in [0, 0.05) is 6.54 Å². The highest BCUT2D eigenvalue weighted by Crippen LogP contribution is 2.26. The second-order valence-corrected chi connectivity index (χ2v) is 5.18. The molecule has 7 heteroatoms. The van der Waals surface area contributed by atoms with Gasteiger partial charge in [-0.2, -0.15) is 0 Å². The summed E-state index contributed by atoms with van der Waals surface area (Å²) < 4.78 is 9.14. The van der Waals surface area contributed by atoms with Gasteiger partial charge in [0.05, 0.1) is 20.3 Å². The molecule has 1 heterocycles. The number of ether oxygens (including phenoxy) is 2. The fourth-order valence-corrected chi connectivity index (χ4v) is 2.03. The van der Waals surface area contributed by atoms with Crippen LogP contribution in [0.25, 0.3) is 0 Å². The predicted octanol–water partition coefficient (Wildman–Crippen LogP) is -0.452. The largest absolute Gasteiger partial charge is 0.468 e. The maximum Gasteiger partial charge on any atom is 0.325 e. The Bertz CT molecular complexity index is 383. The topological polar surface area (TPSA) is 84.7 Å². The van der Waals surface area contributed by atoms with Crippen molar-refractivity contribution in [3.63, 3.8) is 0 Å². The lowest BCUT2D eigenvalue weighted by Gasteiger charge is -2.20. The van der Waals surface area contributed by atoms with Crippen molar-refractivity contribution < 1.29 is 23.9 Å². The van der Waals surface area contributed by atoms with Crippen molar-refractivity contribution >= 4 is 17.8 Å². The third kappa shape index (κ3) is 4.48. The van der Waals surface area contributed by atoms with Gasteiger partial charge in [0.2, 0.25) is 5.91 Å². The summed E-state index contributed by atoms with van der Waals surface area (Å²) >= 11 is 0. The highest BCUT2D eigenvalue weighted by Gasteiger charge is 2.48. The van der Waals surface area contributed by atoms with Crippen LogP contribution in [0.1, 0.15) is 20.3 Å². The van der Waals surface area contributed by atoms with Crippen molar-refractivity contribution in [3.8, 4) is 0 Å². The van der Waals surface area contributed by atoms with E-state index in [9.17, 15) is 14.4 Å². The zero-order valence-corrected chi connectivity index (χ0v) is 12.3. The van der Waals surface area contributed by atoms with Gasteiger partial charge in [0.15, 0.2) is 0 Å². The zero-order chi connectivity index (χ0) is 15.3. The summed E-state index contributed by atoms with van der Waals surface area (Å²) in [6, 6.07) is -0.781. The molecule has 1 fully saturated rings. The van der Waals surface area contributed by atoms with Gasteiger partial charge in [-0.05, 0) is 12.3 Å². The molecule has 114 valence electrons. The molecule has 20 heavy (non-hydrogen) atoms. The Morgan fingerprint density at radius 3 is 2.40 bits per heavy atom. The average Bonchev–Trinajstić information content (AvgIpc) is 3.20. The number of esters is 2. The average molecular weight is 286 g/mol. The summed E-state index contributed by atoms with van der Waals surface area (Å²) in [5.74, 6) is -0.810. The molecule has 3 unspecified atom stereocenters. The first kappa shape index (κ1) is 16.4. The van der Waals surface area contributed by atoms with E-state index in [-0.39, 0.29) is 24.5 Å². The van der Waals surface area contributed by atoms with Crippen molar-refractivity contribution in [2.75, 3.05) is 27.3 Å². The summed E-state index contributed by atoms with van der Waals surface area (Å²) in [6.07, 6.45) is 0.612. The molecule has 0 aliphatic carbocycles. The smallest absolute Gasteiger partial charge is 0.325 e. The van der Waals surface area contributed by atoms with Gasteiger partial charge >= 0.3 is 11.9 Å². The number of rotatable bonds is 7. The van der Waals surface area contributed by atoms with Crippen molar-refractivity contribution in [1.29, 1.82) is 0 Å². The summed E-state index contributed by atoms with van der Waals surface area (Å²) in [4.78, 5) is 36.4. The van der Waals surface area contributed by atoms with Crippen LogP contribution in [0.5, 0.6) is 0 Å². The maximum absolute atomic E-state index is 12.1. The van der Waals surface area contributed by atoms with E-state index in [1.54, 1.807) is 4.90 Å². The quantitative estimate of drug-likeness (QED) is 0.504. The number of nitrogens with one attached hydrogen (secondary N) is 1. The van der Waals surface area contributed by atoms with E-state index in [0.717, 1.165) is 0 Å². The number of hydrogen-bond acceptors (Lipinski definition) is 6. The second-order valence-electron chi connectivity index (χ2n) is 5.18. The third-order valence-corrected chi connectivity index (χ3v) is 3.16. The van der Waals surface area contributed by atoms with E-state index in [2.05, 4.69) is 14.8 Å². The van der Waals surface area contributed by atoms with Gasteiger partial charge < -0.3 is 14.8 Å². The molecule has 0 aromatic carbocycles. The van der Waals surface area contributed by atoms with Gasteiger partial charge in [0.1, 0.15) is 12.6 Å². The maximum atomic E-state index is 12.1. The van der Waals surface area contributed by atoms with E-state index in [0.29, 0.717) is 18.9 Å². The molecule has 7 nitrogen and oxygen atoms in total. The van der Waals surface area contributed by atoms with Crippen LogP contribution < -0.4 is 5.32 Å². The van der Waals surface area contributed by atoms with E-state index in [1.165, 1.54) is 14.2 Å². The molecule has 1 aliphatic heterocycles. The molecule has 1 saturated heterocycles. The minimum Gasteiger partial charge on any atom is -0.468 e. The zero-order valence-electron chi connectivity index (χ0n) is 12.3. The molecular formula is C13H22N2O5. The Kier molecular flexibility index (Phi) is 5.94. The first-order valence-electron chi connectivity index (χ1n) is 6.58. The van der Waals surface area contributed by atoms with Gasteiger partial charge in [-0.3, -0.25) is 19.3 Å². The third-order valence-electron chi connectivity index (χ3n) is 3.16. The van der Waals surface area contributed by atoms with Crippen molar-refractivity contribution in [3.05, 3.63) is 0 Å². The number of hydrogen-bond donors (Lipinski definition) is 1. The summed E-state index contributed by atoms with van der Waals surface area (Å²) in [5.41, 5.74) is 0. The monoisotopic (exact) mass is 286 g/mol. The lowest BCUT2D eigenvalue weighted by molar-refractivity contribution is -0.143. The summed E-state index contributed by atoms with van der Waals surface area (Å²) in [6.45, 7) is 4.34. The molecule has 1 amide bonds. The first-order valence-corrected chi connectivity index (χ1v) is 6.58. The lowest BCUT2D eigenvalue weighted by Crippen LogP contribution is -2.43. The van der Waals surface area contributed by atoms with E-state index in [1.807, 2.05) is 13.8 Å². The molecule has 0 bridgehead atoms. The molecule has 0 aromatic heterocycles. The highest BCUT2D eigenvalue weighted by atomic mass is 16.5. The van der Waals surface area contributed by atoms with Crippen LogP contribution in [0.15, 0.2) is 0 Å². The normalized spacial score (nSPS) is 22.1. The standard InChI is InChI=1S/C13H22N2O5/c1-8(2)5-9(12(17)14-6-11(16)19-3)15-7-10(15)13(18)20-4/h8-10H,5-7H2,1-4H3,(H,14,17). The fourth-order valence-electron chi connectivity index (χ4n) is 2.03. The van der Waals surface area contributed by atoms with Crippen molar-refractivity contribution in [2.24, 2.45) is 5.92 Å². The van der Waals surface area contributed by atoms with Crippen LogP contribution >= 0.6 is 0 Å². The van der Waals surface area contributed by atoms with Crippen LogP contribution in [0.2, 0.25) is 0 Å². The molecule has 0 radical (unpaired) electrons. The van der Waals surface area contributed by atoms with Crippen molar-refractivity contribution in [1.82, 2.24) is 10.2 Å². The van der Waals surface area contributed by atoms with Gasteiger partial charge in [-0.15, -0.1) is 0 Å². The number of nitrogens with zero attached hydrogens (tertiary/aromatic N) is 1. The molecule has 0 saturated carbocycles. The minimum absolute atomic E-state index is 0.166. The van der Waals surface area contributed by atoms with Gasteiger partial charge in [-0.25, -0.2) is 0 Å². The van der Waals surface area contributed by atoms with Crippen molar-refractivity contribution in [2.45, 2.75) is 32.4 Å². The van der Waals surface area contributed by atoms with Gasteiger partial charge in [-0.1, -0.05) is 13.8 Å². The lowest BCUT2D eigenvalue weighted by atomic mass is 10.0. The number of carbonyl (C=O) groups is 3. The fraction of sp³-hybridized carbons (Fsp3) is 0.769. The summed E-state index contributed by atoms with van der Waals surface area (Å²) in [7, 11) is 2.59. The van der Waals surface area contributed by atoms with Gasteiger partial charge in [0.25, 0.3) is 0 Å². The van der Waals surface area contributed by atoms with Crippen LogP contribution in [0.4, 0.5) is 0 Å².